The smallest absolute Gasteiger partial charge is 0.265 e. The second kappa shape index (κ2) is 7.44. The van der Waals surface area contributed by atoms with Crippen molar-refractivity contribution in [3.63, 3.8) is 0 Å². The van der Waals surface area contributed by atoms with Gasteiger partial charge in [0.15, 0.2) is 5.65 Å². The molecule has 3 aromatic carbocycles. The van der Waals surface area contributed by atoms with Crippen LogP contribution in [0.25, 0.3) is 27.3 Å². The number of benzene rings is 3. The fraction of sp³-hybridized carbons (Fsp3) is 0.0800. The Morgan fingerprint density at radius 3 is 2.43 bits per heavy atom. The van der Waals surface area contributed by atoms with Gasteiger partial charge in [-0.2, -0.15) is 0 Å². The SMILES string of the molecule is O=C(NCCc1ccccc1)c1cccn2c(=O)c3cc4ccccc4cc3nc12. The van der Waals surface area contributed by atoms with Crippen LogP contribution in [0.4, 0.5) is 0 Å². The Balaban J connectivity index is 1.54. The highest BCUT2D eigenvalue weighted by Crippen LogP contribution is 2.20. The van der Waals surface area contributed by atoms with Crippen LogP contribution in [0.3, 0.4) is 0 Å². The van der Waals surface area contributed by atoms with Crippen LogP contribution in [-0.4, -0.2) is 21.8 Å². The number of hydrogen-bond donors (Lipinski definition) is 1. The molecule has 1 N–H and O–H groups in total. The minimum atomic E-state index is -0.240. The highest BCUT2D eigenvalue weighted by Gasteiger charge is 2.14. The molecule has 0 fully saturated rings. The van der Waals surface area contributed by atoms with Crippen LogP contribution >= 0.6 is 0 Å². The van der Waals surface area contributed by atoms with Crippen LogP contribution in [0.5, 0.6) is 0 Å². The lowest BCUT2D eigenvalue weighted by molar-refractivity contribution is 0.0955. The maximum absolute atomic E-state index is 13.1. The van der Waals surface area contributed by atoms with Gasteiger partial charge in [-0.25, -0.2) is 4.98 Å². The van der Waals surface area contributed by atoms with Crippen LogP contribution in [0, 0.1) is 0 Å². The molecule has 0 unspecified atom stereocenters. The molecule has 0 atom stereocenters. The summed E-state index contributed by atoms with van der Waals surface area (Å²) in [4.78, 5) is 30.6. The monoisotopic (exact) mass is 393 g/mol. The number of amides is 1. The summed E-state index contributed by atoms with van der Waals surface area (Å²) in [5, 5.41) is 5.47. The molecule has 0 saturated carbocycles. The van der Waals surface area contributed by atoms with Crippen molar-refractivity contribution in [3.8, 4) is 0 Å². The topological polar surface area (TPSA) is 63.5 Å². The van der Waals surface area contributed by atoms with Gasteiger partial charge in [-0.3, -0.25) is 14.0 Å². The van der Waals surface area contributed by atoms with Gasteiger partial charge in [-0.1, -0.05) is 54.6 Å². The van der Waals surface area contributed by atoms with Crippen molar-refractivity contribution >= 4 is 33.2 Å². The third-order valence-corrected chi connectivity index (χ3v) is 5.29. The first-order valence-corrected chi connectivity index (χ1v) is 9.87. The molecule has 0 bridgehead atoms. The number of carbonyl (C=O) groups is 1. The van der Waals surface area contributed by atoms with Crippen LogP contribution in [0.2, 0.25) is 0 Å². The Kier molecular flexibility index (Phi) is 4.48. The first-order chi connectivity index (χ1) is 14.7. The zero-order valence-electron chi connectivity index (χ0n) is 16.2. The van der Waals surface area contributed by atoms with E-state index in [1.54, 1.807) is 18.3 Å². The lowest BCUT2D eigenvalue weighted by Crippen LogP contribution is -2.27. The van der Waals surface area contributed by atoms with E-state index in [0.29, 0.717) is 28.7 Å². The minimum absolute atomic E-state index is 0.181. The molecular formula is C25H19N3O2. The summed E-state index contributed by atoms with van der Waals surface area (Å²) in [6.07, 6.45) is 2.39. The summed E-state index contributed by atoms with van der Waals surface area (Å²) < 4.78 is 1.45. The van der Waals surface area contributed by atoms with Gasteiger partial charge in [0.25, 0.3) is 11.5 Å². The minimum Gasteiger partial charge on any atom is -0.352 e. The van der Waals surface area contributed by atoms with Crippen molar-refractivity contribution in [2.24, 2.45) is 0 Å². The number of carbonyl (C=O) groups excluding carboxylic acids is 1. The summed E-state index contributed by atoms with van der Waals surface area (Å²) in [6, 6.07) is 25.0. The number of pyridine rings is 1. The number of fused-ring (bicyclic) bond motifs is 3. The van der Waals surface area contributed by atoms with Crippen LogP contribution in [-0.2, 0) is 6.42 Å². The maximum Gasteiger partial charge on any atom is 0.265 e. The third-order valence-electron chi connectivity index (χ3n) is 5.29. The Morgan fingerprint density at radius 1 is 0.900 bits per heavy atom. The van der Waals surface area contributed by atoms with E-state index in [2.05, 4.69) is 10.3 Å². The maximum atomic E-state index is 13.1. The molecule has 30 heavy (non-hydrogen) atoms. The molecule has 5 rings (SSSR count). The number of nitrogens with one attached hydrogen (secondary N) is 1. The van der Waals surface area contributed by atoms with Crippen molar-refractivity contribution in [1.29, 1.82) is 0 Å². The number of aromatic nitrogens is 2. The first-order valence-electron chi connectivity index (χ1n) is 9.87. The molecule has 0 aliphatic rings. The van der Waals surface area contributed by atoms with Gasteiger partial charge in [0.05, 0.1) is 16.5 Å². The van der Waals surface area contributed by atoms with E-state index in [1.165, 1.54) is 4.40 Å². The summed E-state index contributed by atoms with van der Waals surface area (Å²) in [5.74, 6) is -0.240. The summed E-state index contributed by atoms with van der Waals surface area (Å²) >= 11 is 0. The van der Waals surface area contributed by atoms with Crippen LogP contribution < -0.4 is 10.9 Å². The second-order valence-electron chi connectivity index (χ2n) is 7.24. The number of hydrogen-bond acceptors (Lipinski definition) is 3. The molecule has 5 aromatic rings. The van der Waals surface area contributed by atoms with E-state index in [-0.39, 0.29) is 11.5 Å². The van der Waals surface area contributed by atoms with Gasteiger partial charge in [0, 0.05) is 12.7 Å². The summed E-state index contributed by atoms with van der Waals surface area (Å²) in [6.45, 7) is 0.506. The van der Waals surface area contributed by atoms with Crippen molar-refractivity contribution in [2.45, 2.75) is 6.42 Å². The quantitative estimate of drug-likeness (QED) is 0.470. The molecule has 1 amide bonds. The van der Waals surface area contributed by atoms with Gasteiger partial charge in [0.1, 0.15) is 0 Å². The molecular weight excluding hydrogens is 374 g/mol. The van der Waals surface area contributed by atoms with Crippen molar-refractivity contribution < 1.29 is 4.79 Å². The Labute approximate surface area is 172 Å². The lowest BCUT2D eigenvalue weighted by Gasteiger charge is -2.10. The van der Waals surface area contributed by atoms with E-state index in [9.17, 15) is 9.59 Å². The lowest BCUT2D eigenvalue weighted by atomic mass is 10.1. The van der Waals surface area contributed by atoms with E-state index >= 15 is 0 Å². The predicted octanol–water partition coefficient (Wildman–Crippen LogP) is 3.97. The number of nitrogens with zero attached hydrogens (tertiary/aromatic N) is 2. The molecule has 5 heteroatoms. The largest absolute Gasteiger partial charge is 0.352 e. The Bertz CT molecular complexity index is 1460. The summed E-state index contributed by atoms with van der Waals surface area (Å²) in [5.41, 5.74) is 2.31. The first kappa shape index (κ1) is 18.1. The third kappa shape index (κ3) is 3.20. The summed E-state index contributed by atoms with van der Waals surface area (Å²) in [7, 11) is 0. The normalized spacial score (nSPS) is 11.2. The predicted molar refractivity (Wildman–Crippen MR) is 119 cm³/mol. The second-order valence-corrected chi connectivity index (χ2v) is 7.24. The number of rotatable bonds is 4. The average molecular weight is 393 g/mol. The highest BCUT2D eigenvalue weighted by atomic mass is 16.1. The highest BCUT2D eigenvalue weighted by molar-refractivity contribution is 6.02. The average Bonchev–Trinajstić information content (AvgIpc) is 2.78. The Morgan fingerprint density at radius 2 is 1.63 bits per heavy atom. The van der Waals surface area contributed by atoms with Gasteiger partial charge < -0.3 is 5.32 Å². The zero-order chi connectivity index (χ0) is 20.5. The van der Waals surface area contributed by atoms with Crippen LogP contribution in [0.15, 0.2) is 89.9 Å². The van der Waals surface area contributed by atoms with E-state index < -0.39 is 0 Å². The molecule has 5 nitrogen and oxygen atoms in total. The molecule has 146 valence electrons. The van der Waals surface area contributed by atoms with E-state index in [4.69, 9.17) is 0 Å². The van der Waals surface area contributed by atoms with E-state index in [1.807, 2.05) is 66.7 Å². The fourth-order valence-corrected chi connectivity index (χ4v) is 3.75. The van der Waals surface area contributed by atoms with Gasteiger partial charge >= 0.3 is 0 Å². The molecule has 2 heterocycles. The van der Waals surface area contributed by atoms with Crippen LogP contribution in [0.1, 0.15) is 15.9 Å². The molecule has 0 radical (unpaired) electrons. The van der Waals surface area contributed by atoms with Gasteiger partial charge in [0.2, 0.25) is 0 Å². The van der Waals surface area contributed by atoms with Gasteiger partial charge in [-0.05, 0) is 47.0 Å². The van der Waals surface area contributed by atoms with E-state index in [0.717, 1.165) is 22.8 Å². The van der Waals surface area contributed by atoms with Crippen molar-refractivity contribution in [2.75, 3.05) is 6.54 Å². The van der Waals surface area contributed by atoms with Crippen molar-refractivity contribution in [3.05, 3.63) is 107 Å². The molecule has 0 aliphatic carbocycles. The Hall–Kier alpha value is -3.99. The molecule has 2 aromatic heterocycles. The molecule has 0 saturated heterocycles. The molecule has 0 aliphatic heterocycles. The van der Waals surface area contributed by atoms with Crippen molar-refractivity contribution in [1.82, 2.24) is 14.7 Å². The standard InChI is InChI=1S/C25H19N3O2/c29-24(26-13-12-17-7-2-1-3-8-17)20-11-6-14-28-23(20)27-22-16-19-10-5-4-9-18(19)15-21(22)25(28)30/h1-11,14-16H,12-13H2,(H,26,29). The molecule has 0 spiro atoms. The van der Waals surface area contributed by atoms with Gasteiger partial charge in [-0.15, -0.1) is 0 Å². The zero-order valence-corrected chi connectivity index (χ0v) is 16.2. The fourth-order valence-electron chi connectivity index (χ4n) is 3.75.